The quantitative estimate of drug-likeness (QED) is 0.522. The van der Waals surface area contributed by atoms with Crippen molar-refractivity contribution in [3.8, 4) is 0 Å². The molecule has 0 aromatic carbocycles. The van der Waals surface area contributed by atoms with E-state index < -0.39 is 16.8 Å². The largest absolute Gasteiger partial charge is 0.481 e. The number of hydrogen-bond donors (Lipinski definition) is 3. The molecular weight excluding hydrogens is 244 g/mol. The predicted molar refractivity (Wildman–Crippen MR) is 66.4 cm³/mol. The molecule has 0 aromatic heterocycles. The molecule has 0 aromatic rings. The number of urea groups is 1. The molecule has 0 heterocycles. The topological polar surface area (TPSA) is 95.5 Å². The Bertz CT molecular complexity index is 271. The summed E-state index contributed by atoms with van der Waals surface area (Å²) >= 11 is 0. The minimum absolute atomic E-state index is 0.175. The monoisotopic (exact) mass is 264 g/mol. The number of carbonyl (C=O) groups is 2. The van der Waals surface area contributed by atoms with Gasteiger partial charge in [-0.15, -0.1) is 0 Å². The van der Waals surface area contributed by atoms with Crippen LogP contribution in [0.25, 0.3) is 0 Å². The second-order valence-corrected chi connectivity index (χ2v) is 5.22. The maximum atomic E-state index is 11.2. The summed E-state index contributed by atoms with van der Waals surface area (Å²) < 4.78 is 10.7. The summed E-state index contributed by atoms with van der Waals surface area (Å²) in [5, 5.41) is 13.6. The first-order valence-electron chi connectivity index (χ1n) is 5.56. The van der Waals surface area contributed by atoms with Crippen molar-refractivity contribution in [2.75, 3.05) is 25.1 Å². The van der Waals surface area contributed by atoms with E-state index in [4.69, 9.17) is 5.11 Å². The fraction of sp³-hybridized carbons (Fsp3) is 0.800. The molecule has 7 heteroatoms. The Kier molecular flexibility index (Phi) is 9.41. The number of unbranched alkanes of at least 4 members (excludes halogenated alkanes) is 2. The van der Waals surface area contributed by atoms with Crippen molar-refractivity contribution in [1.82, 2.24) is 10.6 Å². The minimum Gasteiger partial charge on any atom is -0.481 e. The average Bonchev–Trinajstić information content (AvgIpc) is 2.22. The molecule has 0 aliphatic heterocycles. The second-order valence-electron chi connectivity index (χ2n) is 3.66. The van der Waals surface area contributed by atoms with Crippen LogP contribution in [0.4, 0.5) is 4.79 Å². The average molecular weight is 264 g/mol. The van der Waals surface area contributed by atoms with E-state index in [1.165, 1.54) is 0 Å². The van der Waals surface area contributed by atoms with Gasteiger partial charge in [-0.2, -0.15) is 0 Å². The van der Waals surface area contributed by atoms with E-state index in [-0.39, 0.29) is 12.5 Å². The molecule has 0 bridgehead atoms. The first kappa shape index (κ1) is 15.9. The van der Waals surface area contributed by atoms with Gasteiger partial charge in [0.25, 0.3) is 0 Å². The standard InChI is InChI=1S/C10H20N2O4S/c1-17(16)8-7-12-10(15)11-6-4-2-3-5-9(13)14/h2-8H2,1H3,(H,13,14)(H2,11,12,15). The summed E-state index contributed by atoms with van der Waals surface area (Å²) in [4.78, 5) is 21.4. The molecule has 1 unspecified atom stereocenters. The zero-order valence-corrected chi connectivity index (χ0v) is 10.8. The van der Waals surface area contributed by atoms with Gasteiger partial charge in [0.15, 0.2) is 0 Å². The zero-order valence-electron chi connectivity index (χ0n) is 10.0. The fourth-order valence-electron chi connectivity index (χ4n) is 1.15. The van der Waals surface area contributed by atoms with Gasteiger partial charge in [-0.3, -0.25) is 9.00 Å². The molecule has 0 rings (SSSR count). The lowest BCUT2D eigenvalue weighted by atomic mass is 10.2. The van der Waals surface area contributed by atoms with Gasteiger partial charge in [0.05, 0.1) is 0 Å². The highest BCUT2D eigenvalue weighted by Gasteiger charge is 2.00. The Balaban J connectivity index is 3.27. The van der Waals surface area contributed by atoms with Crippen LogP contribution in [-0.4, -0.2) is 46.4 Å². The van der Waals surface area contributed by atoms with Gasteiger partial charge in [0.1, 0.15) is 0 Å². The number of rotatable bonds is 9. The van der Waals surface area contributed by atoms with Crippen molar-refractivity contribution >= 4 is 22.8 Å². The SMILES string of the molecule is CS(=O)CCNC(=O)NCCCCCC(=O)O. The molecule has 100 valence electrons. The first-order valence-corrected chi connectivity index (χ1v) is 7.28. The van der Waals surface area contributed by atoms with Crippen molar-refractivity contribution in [3.05, 3.63) is 0 Å². The van der Waals surface area contributed by atoms with Crippen LogP contribution in [0.15, 0.2) is 0 Å². The van der Waals surface area contributed by atoms with Crippen LogP contribution in [0.1, 0.15) is 25.7 Å². The predicted octanol–water partition coefficient (Wildman–Crippen LogP) is 0.309. The van der Waals surface area contributed by atoms with Crippen LogP contribution in [0.3, 0.4) is 0 Å². The van der Waals surface area contributed by atoms with E-state index >= 15 is 0 Å². The van der Waals surface area contributed by atoms with Gasteiger partial charge in [-0.1, -0.05) is 6.42 Å². The van der Waals surface area contributed by atoms with Crippen LogP contribution < -0.4 is 10.6 Å². The Morgan fingerprint density at radius 3 is 2.35 bits per heavy atom. The summed E-state index contributed by atoms with van der Waals surface area (Å²) in [5.41, 5.74) is 0. The molecule has 6 nitrogen and oxygen atoms in total. The van der Waals surface area contributed by atoms with Gasteiger partial charge in [0, 0.05) is 42.3 Å². The summed E-state index contributed by atoms with van der Waals surface area (Å²) in [5.74, 6) is -0.338. The summed E-state index contributed by atoms with van der Waals surface area (Å²) in [6, 6.07) is -0.270. The van der Waals surface area contributed by atoms with Crippen LogP contribution in [0, 0.1) is 0 Å². The Morgan fingerprint density at radius 2 is 1.76 bits per heavy atom. The van der Waals surface area contributed by atoms with Gasteiger partial charge in [-0.05, 0) is 12.8 Å². The van der Waals surface area contributed by atoms with Gasteiger partial charge >= 0.3 is 12.0 Å². The normalized spacial score (nSPS) is 11.8. The van der Waals surface area contributed by atoms with Crippen molar-refractivity contribution in [2.45, 2.75) is 25.7 Å². The number of amides is 2. The molecule has 3 N–H and O–H groups in total. The summed E-state index contributed by atoms with van der Waals surface area (Å²) in [6.07, 6.45) is 3.94. The third kappa shape index (κ3) is 12.8. The lowest BCUT2D eigenvalue weighted by Crippen LogP contribution is -2.37. The van der Waals surface area contributed by atoms with E-state index in [2.05, 4.69) is 10.6 Å². The highest BCUT2D eigenvalue weighted by atomic mass is 32.2. The van der Waals surface area contributed by atoms with Crippen LogP contribution >= 0.6 is 0 Å². The maximum Gasteiger partial charge on any atom is 0.314 e. The number of hydrogen-bond acceptors (Lipinski definition) is 3. The zero-order chi connectivity index (χ0) is 13.1. The van der Waals surface area contributed by atoms with Gasteiger partial charge < -0.3 is 15.7 Å². The molecule has 0 saturated carbocycles. The Morgan fingerprint density at radius 1 is 1.12 bits per heavy atom. The molecular formula is C10H20N2O4S. The lowest BCUT2D eigenvalue weighted by molar-refractivity contribution is -0.137. The smallest absolute Gasteiger partial charge is 0.314 e. The lowest BCUT2D eigenvalue weighted by Gasteiger charge is -2.06. The van der Waals surface area contributed by atoms with Crippen molar-refractivity contribution in [3.63, 3.8) is 0 Å². The van der Waals surface area contributed by atoms with Crippen molar-refractivity contribution < 1.29 is 18.9 Å². The van der Waals surface area contributed by atoms with Crippen LogP contribution in [0.2, 0.25) is 0 Å². The molecule has 0 radical (unpaired) electrons. The number of carboxylic acids is 1. The van der Waals surface area contributed by atoms with E-state index in [1.807, 2.05) is 0 Å². The molecule has 0 fully saturated rings. The first-order chi connectivity index (χ1) is 8.02. The summed E-state index contributed by atoms with van der Waals surface area (Å²) in [7, 11) is -0.895. The molecule has 0 aliphatic rings. The minimum atomic E-state index is -0.895. The van der Waals surface area contributed by atoms with Crippen molar-refractivity contribution in [2.24, 2.45) is 0 Å². The maximum absolute atomic E-state index is 11.2. The number of carbonyl (C=O) groups excluding carboxylic acids is 1. The number of nitrogens with one attached hydrogen (secondary N) is 2. The van der Waals surface area contributed by atoms with Gasteiger partial charge in [-0.25, -0.2) is 4.79 Å². The van der Waals surface area contributed by atoms with Crippen molar-refractivity contribution in [1.29, 1.82) is 0 Å². The molecule has 17 heavy (non-hydrogen) atoms. The van der Waals surface area contributed by atoms with E-state index in [0.29, 0.717) is 25.3 Å². The number of carboxylic acid groups (broad SMARTS) is 1. The molecule has 0 spiro atoms. The Hall–Kier alpha value is -1.11. The second kappa shape index (κ2) is 10.1. The highest BCUT2D eigenvalue weighted by Crippen LogP contribution is 1.98. The Labute approximate surface area is 104 Å². The number of aliphatic carboxylic acids is 1. The molecule has 2 amide bonds. The van der Waals surface area contributed by atoms with E-state index in [0.717, 1.165) is 12.8 Å². The third-order valence-corrected chi connectivity index (χ3v) is 2.81. The van der Waals surface area contributed by atoms with E-state index in [9.17, 15) is 13.8 Å². The molecule has 0 aliphatic carbocycles. The molecule has 1 atom stereocenters. The molecule has 0 saturated heterocycles. The van der Waals surface area contributed by atoms with Gasteiger partial charge in [0.2, 0.25) is 0 Å². The van der Waals surface area contributed by atoms with Crippen LogP contribution in [0.5, 0.6) is 0 Å². The van der Waals surface area contributed by atoms with E-state index in [1.54, 1.807) is 6.26 Å². The summed E-state index contributed by atoms with van der Waals surface area (Å²) in [6.45, 7) is 0.925. The highest BCUT2D eigenvalue weighted by molar-refractivity contribution is 7.84. The van der Waals surface area contributed by atoms with Crippen LogP contribution in [-0.2, 0) is 15.6 Å². The third-order valence-electron chi connectivity index (χ3n) is 2.03. The fourth-order valence-corrected chi connectivity index (χ4v) is 1.54.